The zero-order valence-corrected chi connectivity index (χ0v) is 48.0. The summed E-state index contributed by atoms with van der Waals surface area (Å²) in [6, 6.07) is 4.33. The van der Waals surface area contributed by atoms with Gasteiger partial charge in [0.2, 0.25) is 0 Å². The standard InChI is InChI=1S/C7H7Cl3Si.C6H5Cl3Si.C3H4Cl3F3Si.C3H7Cl3Si.C2H3Cl3Si.C2H3F3Si.Cl3HSi/c1-6-2-4-7(5-3-6)11(8,9)10;7-10(8,9)6-4-2-1-3-5-6;4-10(5,6)2-1-3(7,8)9;1-2-3-7(4,5)6;2*1-2-6(3,4)5;1-4(2)3/h2-5H,1H3;1-5H;1-2H2;2-3H2,1H3;2*2H,1H2;4H. The minimum atomic E-state index is -5.37. The van der Waals surface area contributed by atoms with E-state index < -0.39 is 58.4 Å². The van der Waals surface area contributed by atoms with Gasteiger partial charge in [-0.25, -0.2) is 12.3 Å². The molecule has 0 heterocycles. The summed E-state index contributed by atoms with van der Waals surface area (Å²) in [6.07, 6.45) is -4.24. The van der Waals surface area contributed by atoms with E-state index >= 15 is 0 Å². The molecule has 0 aliphatic carbocycles. The van der Waals surface area contributed by atoms with Crippen LogP contribution >= 0.6 is 199 Å². The van der Waals surface area contributed by atoms with Crippen molar-refractivity contribution < 1.29 is 25.5 Å². The summed E-state index contributed by atoms with van der Waals surface area (Å²) in [5.41, 5.74) is 2.63. The van der Waals surface area contributed by atoms with Crippen molar-refractivity contribution in [2.45, 2.75) is 45.0 Å². The van der Waals surface area contributed by atoms with Gasteiger partial charge in [-0.15, -0.1) is 206 Å². The van der Waals surface area contributed by atoms with E-state index in [2.05, 4.69) is 13.2 Å². The summed E-state index contributed by atoms with van der Waals surface area (Å²) < 4.78 is 66.7. The lowest BCUT2D eigenvalue weighted by Crippen LogP contribution is -2.29. The Bertz CT molecular complexity index is 1180. The number of halogens is 24. The molecule has 2 aromatic carbocycles. The van der Waals surface area contributed by atoms with Crippen LogP contribution in [-0.2, 0) is 0 Å². The van der Waals surface area contributed by atoms with Crippen LogP contribution in [0.4, 0.5) is 25.5 Å². The molecular formula is C23H30Cl18F6Si7. The van der Waals surface area contributed by atoms with Gasteiger partial charge in [0.1, 0.15) is 0 Å². The second-order valence-corrected chi connectivity index (χ2v) is 61.0. The van der Waals surface area contributed by atoms with Gasteiger partial charge in [0, 0.05) is 6.42 Å². The molecule has 0 aliphatic rings. The largest absolute Gasteiger partial charge is 0.644 e. The average molecular weight is 1260 g/mol. The second-order valence-electron chi connectivity index (χ2n) is 9.06. The Kier molecular flexibility index (Phi) is 42.1. The molecule has 0 saturated carbocycles. The maximum Gasteiger partial charge on any atom is 0.644 e. The molecule has 0 aliphatic heterocycles. The minimum absolute atomic E-state index is 0.0764. The Morgan fingerprint density at radius 2 is 0.889 bits per heavy atom. The Morgan fingerprint density at radius 1 is 0.593 bits per heavy atom. The average Bonchev–Trinajstić information content (AvgIpc) is 2.95. The molecule has 54 heavy (non-hydrogen) atoms. The van der Waals surface area contributed by atoms with E-state index in [1.165, 1.54) is 11.3 Å². The first-order valence-corrected chi connectivity index (χ1v) is 46.1. The fourth-order valence-corrected chi connectivity index (χ4v) is 9.00. The van der Waals surface area contributed by atoms with Crippen molar-refractivity contribution in [2.24, 2.45) is 0 Å². The van der Waals surface area contributed by atoms with Crippen LogP contribution in [0.25, 0.3) is 0 Å². The Hall–Kier alpha value is 4.24. The third-order valence-corrected chi connectivity index (χ3v) is 17.7. The summed E-state index contributed by atoms with van der Waals surface area (Å²) >= 11 is 97.3. The first-order valence-electron chi connectivity index (χ1n) is 13.5. The lowest BCUT2D eigenvalue weighted by molar-refractivity contribution is -0.130. The van der Waals surface area contributed by atoms with Crippen molar-refractivity contribution in [3.8, 4) is 0 Å². The van der Waals surface area contributed by atoms with E-state index in [9.17, 15) is 25.5 Å². The van der Waals surface area contributed by atoms with Gasteiger partial charge in [0.15, 0.2) is 0 Å². The summed E-state index contributed by atoms with van der Waals surface area (Å²) in [4.78, 5) is 0. The number of hydrogen-bond acceptors (Lipinski definition) is 0. The molecule has 0 bridgehead atoms. The van der Waals surface area contributed by atoms with Crippen LogP contribution in [0, 0.1) is 6.92 Å². The molecule has 0 saturated heterocycles. The van der Waals surface area contributed by atoms with Crippen LogP contribution in [0.5, 0.6) is 0 Å². The molecule has 318 valence electrons. The van der Waals surface area contributed by atoms with Crippen molar-refractivity contribution in [1.82, 2.24) is 0 Å². The van der Waals surface area contributed by atoms with E-state index in [1.54, 1.807) is 0 Å². The lowest BCUT2D eigenvalue weighted by atomic mass is 10.2. The first kappa shape index (κ1) is 67.3. The summed E-state index contributed by atoms with van der Waals surface area (Å²) in [5, 5.41) is 1.67. The Balaban J connectivity index is -0.000000177. The van der Waals surface area contributed by atoms with Crippen molar-refractivity contribution in [3.05, 3.63) is 84.7 Å². The third kappa shape index (κ3) is 65.4. The first-order chi connectivity index (χ1) is 23.7. The van der Waals surface area contributed by atoms with Gasteiger partial charge in [0.05, 0.1) is 0 Å². The molecule has 0 atom stereocenters. The fraction of sp³-hybridized carbons (Fsp3) is 0.304. The Morgan fingerprint density at radius 3 is 1.04 bits per heavy atom. The molecule has 31 heteroatoms. The number of hydrogen-bond donors (Lipinski definition) is 0. The van der Waals surface area contributed by atoms with E-state index in [1.807, 2.05) is 68.4 Å². The number of aryl methyl sites for hydroxylation is 1. The van der Waals surface area contributed by atoms with Crippen LogP contribution in [0.2, 0.25) is 12.1 Å². The van der Waals surface area contributed by atoms with Crippen molar-refractivity contribution >= 4 is 256 Å². The summed E-state index contributed by atoms with van der Waals surface area (Å²) in [5.74, 6) is 0. The lowest BCUT2D eigenvalue weighted by Gasteiger charge is -2.09. The normalized spacial score (nSPS) is 11.8. The number of benzene rings is 2. The van der Waals surface area contributed by atoms with Gasteiger partial charge in [-0.2, -0.15) is 13.2 Å². The quantitative estimate of drug-likeness (QED) is 0.140. The maximum absolute atomic E-state index is 11.4. The molecule has 0 fully saturated rings. The fourth-order valence-electron chi connectivity index (χ4n) is 1.94. The highest BCUT2D eigenvalue weighted by molar-refractivity contribution is 7.70. The SMILES string of the molecule is C=C[Si](Cl)(Cl)Cl.C=C[Si](F)(F)F.CCC[Si](Cl)(Cl)Cl.Cc1ccc([Si](Cl)(Cl)Cl)cc1.Cl[SiH](Cl)Cl.Cl[Si](Cl)(Cl)c1ccccc1.FC(F)(F)CC[Si](Cl)(Cl)Cl. The smallest absolute Gasteiger partial charge is 0.234 e. The highest BCUT2D eigenvalue weighted by Gasteiger charge is 2.34. The molecular weight excluding hydrogens is 1220 g/mol. The predicted octanol–water partition coefficient (Wildman–Crippen LogP) is 17.4. The van der Waals surface area contributed by atoms with Crippen LogP contribution in [0.15, 0.2) is 79.2 Å². The van der Waals surface area contributed by atoms with Gasteiger partial charge >= 0.3 is 52.0 Å². The molecule has 0 nitrogen and oxygen atoms in total. The molecule has 0 N–H and O–H groups in total. The third-order valence-electron chi connectivity index (χ3n) is 4.17. The van der Waals surface area contributed by atoms with Crippen LogP contribution in [-0.4, -0.2) is 52.0 Å². The van der Waals surface area contributed by atoms with Gasteiger partial charge in [-0.3, -0.25) is 0 Å². The minimum Gasteiger partial charge on any atom is -0.234 e. The molecule has 0 radical (unpaired) electrons. The van der Waals surface area contributed by atoms with Gasteiger partial charge in [0.25, 0.3) is 0 Å². The van der Waals surface area contributed by atoms with Gasteiger partial charge in [-0.1, -0.05) is 85.8 Å². The van der Waals surface area contributed by atoms with E-state index in [4.69, 9.17) is 199 Å². The van der Waals surface area contributed by atoms with Crippen LogP contribution < -0.4 is 10.4 Å². The monoisotopic (exact) mass is 1250 g/mol. The van der Waals surface area contributed by atoms with Gasteiger partial charge in [-0.05, 0) is 35.1 Å². The summed E-state index contributed by atoms with van der Waals surface area (Å²) in [6.45, 7) is 8.16. The zero-order chi connectivity index (χ0) is 44.4. The number of alkyl halides is 3. The Labute approximate surface area is 405 Å². The van der Waals surface area contributed by atoms with E-state index in [0.29, 0.717) is 0 Å². The zero-order valence-electron chi connectivity index (χ0n) is 27.2. The molecule has 0 amide bonds. The van der Waals surface area contributed by atoms with Gasteiger partial charge < -0.3 is 0 Å². The molecule has 0 aromatic heterocycles. The molecule has 0 unspecified atom stereocenters. The summed E-state index contributed by atoms with van der Waals surface area (Å²) in [7, 11) is -5.37. The molecule has 0 spiro atoms. The van der Waals surface area contributed by atoms with Crippen molar-refractivity contribution in [2.75, 3.05) is 0 Å². The van der Waals surface area contributed by atoms with E-state index in [0.717, 1.165) is 22.8 Å². The second kappa shape index (κ2) is 33.7. The molecule has 2 rings (SSSR count). The van der Waals surface area contributed by atoms with Crippen molar-refractivity contribution in [1.29, 1.82) is 0 Å². The van der Waals surface area contributed by atoms with E-state index in [-0.39, 0.29) is 11.7 Å². The van der Waals surface area contributed by atoms with Crippen LogP contribution in [0.1, 0.15) is 25.3 Å². The predicted molar refractivity (Wildman–Crippen MR) is 258 cm³/mol. The maximum atomic E-state index is 11.4. The van der Waals surface area contributed by atoms with Crippen LogP contribution in [0.3, 0.4) is 0 Å². The highest BCUT2D eigenvalue weighted by Crippen LogP contribution is 2.32. The highest BCUT2D eigenvalue weighted by atomic mass is 35.9. The number of rotatable bonds is 8. The molecule has 2 aromatic rings. The van der Waals surface area contributed by atoms with Crippen molar-refractivity contribution in [3.63, 3.8) is 0 Å². The topological polar surface area (TPSA) is 0 Å².